The van der Waals surface area contributed by atoms with Crippen molar-refractivity contribution in [2.45, 2.75) is 37.0 Å². The molecule has 0 fully saturated rings. The van der Waals surface area contributed by atoms with E-state index in [0.717, 1.165) is 0 Å². The number of aliphatic hydroxyl groups is 2. The smallest absolute Gasteiger partial charge is 0.326 e. The number of carbonyl (C=O) groups excluding carboxylic acids is 3. The van der Waals surface area contributed by atoms with Crippen molar-refractivity contribution in [3.63, 3.8) is 0 Å². The van der Waals surface area contributed by atoms with Crippen molar-refractivity contribution in [2.75, 3.05) is 25.5 Å². The maximum Gasteiger partial charge on any atom is 0.326 e. The summed E-state index contributed by atoms with van der Waals surface area (Å²) in [6.45, 7) is -1.32. The van der Waals surface area contributed by atoms with Crippen LogP contribution >= 0.6 is 12.6 Å². The van der Waals surface area contributed by atoms with Gasteiger partial charge in [-0.15, -0.1) is 0 Å². The first-order valence-corrected chi connectivity index (χ1v) is 9.48. The summed E-state index contributed by atoms with van der Waals surface area (Å²) in [5.41, 5.74) is 15.7. The number of hydrogen-bond donors (Lipinski definition) is 10. The second-order valence-corrected chi connectivity index (χ2v) is 6.49. The van der Waals surface area contributed by atoms with E-state index in [1.54, 1.807) is 0 Å². The van der Waals surface area contributed by atoms with Crippen LogP contribution in [0.25, 0.3) is 0 Å². The molecule has 172 valence electrons. The van der Waals surface area contributed by atoms with Gasteiger partial charge in [0.1, 0.15) is 24.2 Å². The molecule has 0 aliphatic carbocycles. The van der Waals surface area contributed by atoms with Crippen molar-refractivity contribution in [1.29, 1.82) is 0 Å². The fraction of sp³-hybridized carbons (Fsp3) is 0.667. The highest BCUT2D eigenvalue weighted by Gasteiger charge is 2.29. The number of amides is 3. The van der Waals surface area contributed by atoms with Crippen LogP contribution in [-0.4, -0.2) is 94.6 Å². The van der Waals surface area contributed by atoms with Gasteiger partial charge in [-0.25, -0.2) is 4.79 Å². The van der Waals surface area contributed by atoms with E-state index in [1.165, 1.54) is 0 Å². The number of aliphatic hydroxyl groups excluding tert-OH is 2. The molecule has 3 amide bonds. The zero-order chi connectivity index (χ0) is 23.3. The quantitative estimate of drug-likeness (QED) is 0.0519. The van der Waals surface area contributed by atoms with E-state index in [4.69, 9.17) is 22.3 Å². The lowest BCUT2D eigenvalue weighted by atomic mass is 10.1. The Kier molecular flexibility index (Phi) is 13.1. The van der Waals surface area contributed by atoms with Gasteiger partial charge in [-0.2, -0.15) is 12.6 Å². The van der Waals surface area contributed by atoms with Crippen LogP contribution in [0.5, 0.6) is 0 Å². The maximum atomic E-state index is 12.3. The topological polar surface area (TPSA) is 255 Å². The minimum atomic E-state index is -1.48. The molecule has 0 aliphatic heterocycles. The average molecular weight is 452 g/mol. The minimum absolute atomic E-state index is 0.00167. The second-order valence-electron chi connectivity index (χ2n) is 6.12. The van der Waals surface area contributed by atoms with Crippen LogP contribution in [0.1, 0.15) is 12.8 Å². The molecule has 4 unspecified atom stereocenters. The lowest BCUT2D eigenvalue weighted by Crippen LogP contribution is -2.58. The van der Waals surface area contributed by atoms with E-state index in [2.05, 4.69) is 33.6 Å². The number of guanidine groups is 1. The molecule has 0 bridgehead atoms. The Morgan fingerprint density at radius 2 is 1.43 bits per heavy atom. The molecule has 0 radical (unpaired) electrons. The highest BCUT2D eigenvalue weighted by Crippen LogP contribution is 2.00. The zero-order valence-corrected chi connectivity index (χ0v) is 17.0. The summed E-state index contributed by atoms with van der Waals surface area (Å²) in [6.07, 6.45) is 0.252. The average Bonchev–Trinajstić information content (AvgIpc) is 2.70. The van der Waals surface area contributed by atoms with Gasteiger partial charge in [-0.3, -0.25) is 19.4 Å². The van der Waals surface area contributed by atoms with E-state index in [-0.39, 0.29) is 31.1 Å². The fourth-order valence-corrected chi connectivity index (χ4v) is 2.31. The van der Waals surface area contributed by atoms with Crippen LogP contribution in [0.3, 0.4) is 0 Å². The minimum Gasteiger partial charge on any atom is -0.480 e. The first-order valence-electron chi connectivity index (χ1n) is 8.84. The van der Waals surface area contributed by atoms with E-state index < -0.39 is 61.1 Å². The molecule has 14 nitrogen and oxygen atoms in total. The number of aliphatic carboxylic acids is 1. The summed E-state index contributed by atoms with van der Waals surface area (Å²) in [7, 11) is 0. The van der Waals surface area contributed by atoms with Crippen LogP contribution in [0.4, 0.5) is 0 Å². The first-order chi connectivity index (χ1) is 14.1. The van der Waals surface area contributed by atoms with Gasteiger partial charge in [0, 0.05) is 12.3 Å². The summed E-state index contributed by atoms with van der Waals surface area (Å²) in [5.74, 6) is -4.27. The fourth-order valence-electron chi connectivity index (χ4n) is 2.06. The normalized spacial score (nSPS) is 14.5. The molecule has 12 N–H and O–H groups in total. The molecule has 0 aromatic heterocycles. The second kappa shape index (κ2) is 14.4. The largest absolute Gasteiger partial charge is 0.480 e. The van der Waals surface area contributed by atoms with Crippen LogP contribution < -0.4 is 33.2 Å². The number of hydrogen-bond acceptors (Lipinski definition) is 9. The molecule has 0 saturated carbocycles. The molecule has 15 heteroatoms. The Morgan fingerprint density at radius 1 is 0.900 bits per heavy atom. The van der Waals surface area contributed by atoms with Crippen molar-refractivity contribution < 1.29 is 34.5 Å². The number of rotatable bonds is 14. The van der Waals surface area contributed by atoms with Gasteiger partial charge >= 0.3 is 5.97 Å². The Balaban J connectivity index is 4.92. The summed E-state index contributed by atoms with van der Waals surface area (Å²) < 4.78 is 0. The first kappa shape index (κ1) is 27.4. The van der Waals surface area contributed by atoms with Crippen LogP contribution in [0, 0.1) is 0 Å². The molecule has 30 heavy (non-hydrogen) atoms. The third-order valence-electron chi connectivity index (χ3n) is 3.72. The molecule has 0 aliphatic rings. The van der Waals surface area contributed by atoms with Gasteiger partial charge in [0.25, 0.3) is 0 Å². The summed E-state index contributed by atoms with van der Waals surface area (Å²) >= 11 is 3.93. The van der Waals surface area contributed by atoms with E-state index >= 15 is 0 Å². The summed E-state index contributed by atoms with van der Waals surface area (Å²) in [4.78, 5) is 51.3. The molecule has 0 rings (SSSR count). The van der Waals surface area contributed by atoms with Crippen molar-refractivity contribution >= 4 is 42.3 Å². The number of carboxylic acids is 1. The van der Waals surface area contributed by atoms with E-state index in [0.29, 0.717) is 0 Å². The Morgan fingerprint density at radius 3 is 1.90 bits per heavy atom. The number of carboxylic acid groups (broad SMARTS) is 1. The van der Waals surface area contributed by atoms with Gasteiger partial charge in [0.15, 0.2) is 5.96 Å². The predicted molar refractivity (Wildman–Crippen MR) is 109 cm³/mol. The number of carbonyl (C=O) groups is 4. The molecule has 0 heterocycles. The molecular weight excluding hydrogens is 422 g/mol. The Hall–Kier alpha value is -2.62. The van der Waals surface area contributed by atoms with Gasteiger partial charge in [-0.05, 0) is 12.8 Å². The molecule has 0 aromatic rings. The van der Waals surface area contributed by atoms with Crippen LogP contribution in [0.15, 0.2) is 4.99 Å². The van der Waals surface area contributed by atoms with E-state index in [9.17, 15) is 29.4 Å². The monoisotopic (exact) mass is 451 g/mol. The van der Waals surface area contributed by atoms with Crippen LogP contribution in [-0.2, 0) is 19.2 Å². The third kappa shape index (κ3) is 10.2. The third-order valence-corrected chi connectivity index (χ3v) is 4.09. The Bertz CT molecular complexity index is 630. The number of thiol groups is 1. The number of nitrogens with two attached hydrogens (primary N) is 3. The molecule has 0 saturated heterocycles. The SMILES string of the molecule is NC(N)=NCCCC(NC(=O)C(CO)NC(=O)C(CS)NC(=O)C(N)CO)C(=O)O. The highest BCUT2D eigenvalue weighted by molar-refractivity contribution is 7.80. The van der Waals surface area contributed by atoms with Gasteiger partial charge in [-0.1, -0.05) is 0 Å². The predicted octanol–water partition coefficient (Wildman–Crippen LogP) is -5.18. The summed E-state index contributed by atoms with van der Waals surface area (Å²) in [6, 6.07) is -5.26. The molecule has 4 atom stereocenters. The number of aliphatic imine (C=N–C) groups is 1. The maximum absolute atomic E-state index is 12.3. The lowest BCUT2D eigenvalue weighted by Gasteiger charge is -2.23. The van der Waals surface area contributed by atoms with Gasteiger partial charge < -0.3 is 48.5 Å². The van der Waals surface area contributed by atoms with Crippen molar-refractivity contribution in [2.24, 2.45) is 22.2 Å². The summed E-state index contributed by atoms with van der Waals surface area (Å²) in [5, 5.41) is 34.1. The van der Waals surface area contributed by atoms with E-state index in [1.807, 2.05) is 0 Å². The molecule has 0 aromatic carbocycles. The van der Waals surface area contributed by atoms with Crippen molar-refractivity contribution in [1.82, 2.24) is 16.0 Å². The van der Waals surface area contributed by atoms with Crippen LogP contribution in [0.2, 0.25) is 0 Å². The van der Waals surface area contributed by atoms with Gasteiger partial charge in [0.2, 0.25) is 17.7 Å². The Labute approximate surface area is 178 Å². The van der Waals surface area contributed by atoms with Crippen molar-refractivity contribution in [3.8, 4) is 0 Å². The molecular formula is C15H29N7O7S. The highest BCUT2D eigenvalue weighted by atomic mass is 32.1. The van der Waals surface area contributed by atoms with Gasteiger partial charge in [0.05, 0.1) is 13.2 Å². The van der Waals surface area contributed by atoms with Crippen molar-refractivity contribution in [3.05, 3.63) is 0 Å². The zero-order valence-electron chi connectivity index (χ0n) is 16.2. The number of nitrogens with one attached hydrogen (secondary N) is 3. The lowest BCUT2D eigenvalue weighted by molar-refractivity contribution is -0.142. The molecule has 0 spiro atoms. The number of nitrogens with zero attached hydrogens (tertiary/aromatic N) is 1. The standard InChI is InChI=1S/C15H29N7O7S/c16-7(4-23)11(25)22-10(6-30)13(27)21-9(5-24)12(26)20-8(14(28)29)2-1-3-19-15(17)18/h7-10,23-24,30H,1-6,16H2,(H,20,26)(H,21,27)(H,22,25)(H,28,29)(H4,17,18,19).